The molecule has 1 fully saturated rings. The van der Waals surface area contributed by atoms with E-state index in [9.17, 15) is 0 Å². The first-order chi connectivity index (χ1) is 7.74. The molecule has 1 aliphatic heterocycles. The molecule has 2 nitrogen and oxygen atoms in total. The minimum atomic E-state index is 0.875. The SMILES string of the molecule is CN1CCC(CNCc2cc(Br)cs2)CC1. The van der Waals surface area contributed by atoms with Gasteiger partial charge in [-0.3, -0.25) is 0 Å². The molecular weight excluding hydrogens is 284 g/mol. The first-order valence-corrected chi connectivity index (χ1v) is 7.53. The van der Waals surface area contributed by atoms with Gasteiger partial charge < -0.3 is 10.2 Å². The Balaban J connectivity index is 1.64. The topological polar surface area (TPSA) is 15.3 Å². The lowest BCUT2D eigenvalue weighted by atomic mass is 9.97. The number of piperidine rings is 1. The summed E-state index contributed by atoms with van der Waals surface area (Å²) in [6, 6.07) is 2.20. The summed E-state index contributed by atoms with van der Waals surface area (Å²) in [6.07, 6.45) is 2.69. The minimum absolute atomic E-state index is 0.875. The molecule has 90 valence electrons. The zero-order valence-electron chi connectivity index (χ0n) is 9.71. The molecule has 0 aromatic carbocycles. The molecular formula is C12H19BrN2S. The van der Waals surface area contributed by atoms with E-state index in [0.717, 1.165) is 12.5 Å². The Kier molecular flexibility index (Phi) is 4.82. The first-order valence-electron chi connectivity index (χ1n) is 5.86. The number of nitrogens with one attached hydrogen (secondary N) is 1. The number of likely N-dealkylation sites (tertiary alicyclic amines) is 1. The second kappa shape index (κ2) is 6.15. The third kappa shape index (κ3) is 3.84. The third-order valence-corrected chi connectivity index (χ3v) is 4.89. The average molecular weight is 303 g/mol. The summed E-state index contributed by atoms with van der Waals surface area (Å²) in [5.74, 6) is 0.875. The van der Waals surface area contributed by atoms with Crippen molar-refractivity contribution in [1.82, 2.24) is 10.2 Å². The molecule has 0 saturated carbocycles. The van der Waals surface area contributed by atoms with Crippen LogP contribution >= 0.6 is 27.3 Å². The van der Waals surface area contributed by atoms with Crippen LogP contribution in [-0.2, 0) is 6.54 Å². The van der Waals surface area contributed by atoms with Gasteiger partial charge in [0.2, 0.25) is 0 Å². The van der Waals surface area contributed by atoms with Crippen molar-refractivity contribution in [3.63, 3.8) is 0 Å². The van der Waals surface area contributed by atoms with Crippen LogP contribution < -0.4 is 5.32 Å². The summed E-state index contributed by atoms with van der Waals surface area (Å²) in [5, 5.41) is 5.72. The highest BCUT2D eigenvalue weighted by Crippen LogP contribution is 2.20. The number of rotatable bonds is 4. The zero-order chi connectivity index (χ0) is 11.4. The van der Waals surface area contributed by atoms with Crippen LogP contribution in [-0.4, -0.2) is 31.6 Å². The van der Waals surface area contributed by atoms with Gasteiger partial charge in [-0.1, -0.05) is 0 Å². The fourth-order valence-corrected chi connectivity index (χ4v) is 3.53. The minimum Gasteiger partial charge on any atom is -0.312 e. The molecule has 0 spiro atoms. The lowest BCUT2D eigenvalue weighted by Gasteiger charge is -2.28. The summed E-state index contributed by atoms with van der Waals surface area (Å²) in [4.78, 5) is 3.84. The monoisotopic (exact) mass is 302 g/mol. The maximum Gasteiger partial charge on any atom is 0.0300 e. The summed E-state index contributed by atoms with van der Waals surface area (Å²) in [7, 11) is 2.22. The number of nitrogens with zero attached hydrogens (tertiary/aromatic N) is 1. The Morgan fingerprint density at radius 3 is 2.88 bits per heavy atom. The molecule has 0 radical (unpaired) electrons. The van der Waals surface area contributed by atoms with E-state index in [1.165, 1.54) is 41.8 Å². The molecule has 0 unspecified atom stereocenters. The third-order valence-electron chi connectivity index (χ3n) is 3.19. The van der Waals surface area contributed by atoms with Gasteiger partial charge in [0.05, 0.1) is 0 Å². The second-order valence-electron chi connectivity index (χ2n) is 4.61. The normalized spacial score (nSPS) is 19.1. The summed E-state index contributed by atoms with van der Waals surface area (Å²) in [6.45, 7) is 4.71. The molecule has 2 heterocycles. The molecule has 16 heavy (non-hydrogen) atoms. The number of halogens is 1. The van der Waals surface area contributed by atoms with E-state index in [1.807, 2.05) is 11.3 Å². The van der Waals surface area contributed by atoms with Gasteiger partial charge in [-0.15, -0.1) is 11.3 Å². The van der Waals surface area contributed by atoms with Crippen molar-refractivity contribution in [2.24, 2.45) is 5.92 Å². The zero-order valence-corrected chi connectivity index (χ0v) is 12.1. The van der Waals surface area contributed by atoms with E-state index >= 15 is 0 Å². The maximum absolute atomic E-state index is 3.57. The van der Waals surface area contributed by atoms with Crippen LogP contribution in [0.3, 0.4) is 0 Å². The number of thiophene rings is 1. The van der Waals surface area contributed by atoms with Gasteiger partial charge in [-0.25, -0.2) is 0 Å². The van der Waals surface area contributed by atoms with Gasteiger partial charge in [0, 0.05) is 21.3 Å². The number of hydrogen-bond acceptors (Lipinski definition) is 3. The van der Waals surface area contributed by atoms with Crippen LogP contribution in [0.15, 0.2) is 15.9 Å². The van der Waals surface area contributed by atoms with Crippen LogP contribution in [0.1, 0.15) is 17.7 Å². The van der Waals surface area contributed by atoms with E-state index in [4.69, 9.17) is 0 Å². The molecule has 4 heteroatoms. The van der Waals surface area contributed by atoms with Gasteiger partial charge in [-0.2, -0.15) is 0 Å². The van der Waals surface area contributed by atoms with Crippen LogP contribution in [0.5, 0.6) is 0 Å². The number of hydrogen-bond donors (Lipinski definition) is 1. The highest BCUT2D eigenvalue weighted by Gasteiger charge is 2.15. The molecule has 0 amide bonds. The predicted molar refractivity (Wildman–Crippen MR) is 73.9 cm³/mol. The van der Waals surface area contributed by atoms with Crippen molar-refractivity contribution in [2.75, 3.05) is 26.7 Å². The lowest BCUT2D eigenvalue weighted by molar-refractivity contribution is 0.216. The maximum atomic E-state index is 3.57. The molecule has 1 saturated heterocycles. The fraction of sp³-hybridized carbons (Fsp3) is 0.667. The van der Waals surface area contributed by atoms with E-state index in [0.29, 0.717) is 0 Å². The van der Waals surface area contributed by atoms with Gasteiger partial charge in [0.25, 0.3) is 0 Å². The molecule has 0 aliphatic carbocycles. The van der Waals surface area contributed by atoms with Crippen molar-refractivity contribution in [1.29, 1.82) is 0 Å². The van der Waals surface area contributed by atoms with Crippen LogP contribution in [0.2, 0.25) is 0 Å². The van der Waals surface area contributed by atoms with Crippen LogP contribution in [0.25, 0.3) is 0 Å². The Morgan fingerprint density at radius 2 is 2.25 bits per heavy atom. The average Bonchev–Trinajstić information content (AvgIpc) is 2.67. The Hall–Kier alpha value is 0.1000. The van der Waals surface area contributed by atoms with Crippen molar-refractivity contribution in [3.8, 4) is 0 Å². The molecule has 0 bridgehead atoms. The summed E-state index contributed by atoms with van der Waals surface area (Å²) >= 11 is 5.30. The molecule has 0 atom stereocenters. The second-order valence-corrected chi connectivity index (χ2v) is 6.52. The van der Waals surface area contributed by atoms with Gasteiger partial charge >= 0.3 is 0 Å². The summed E-state index contributed by atoms with van der Waals surface area (Å²) in [5.41, 5.74) is 0. The Bertz CT molecular complexity index is 319. The van der Waals surface area contributed by atoms with Gasteiger partial charge in [-0.05, 0) is 67.4 Å². The van der Waals surface area contributed by atoms with E-state index < -0.39 is 0 Å². The van der Waals surface area contributed by atoms with Crippen molar-refractivity contribution in [3.05, 3.63) is 20.8 Å². The standard InChI is InChI=1S/C12H19BrN2S/c1-15-4-2-10(3-5-15)7-14-8-12-6-11(13)9-16-12/h6,9-10,14H,2-5,7-8H2,1H3. The Labute approximate surface area is 110 Å². The van der Waals surface area contributed by atoms with Gasteiger partial charge in [0.1, 0.15) is 0 Å². The lowest BCUT2D eigenvalue weighted by Crippen LogP contribution is -2.34. The molecule has 1 aromatic rings. The van der Waals surface area contributed by atoms with Crippen molar-refractivity contribution < 1.29 is 0 Å². The van der Waals surface area contributed by atoms with Gasteiger partial charge in [0.15, 0.2) is 0 Å². The van der Waals surface area contributed by atoms with Crippen LogP contribution in [0.4, 0.5) is 0 Å². The highest BCUT2D eigenvalue weighted by atomic mass is 79.9. The molecule has 1 aliphatic rings. The molecule has 1 aromatic heterocycles. The van der Waals surface area contributed by atoms with E-state index in [1.54, 1.807) is 0 Å². The first kappa shape index (κ1) is 12.6. The fourth-order valence-electron chi connectivity index (χ4n) is 2.11. The van der Waals surface area contributed by atoms with Crippen molar-refractivity contribution >= 4 is 27.3 Å². The molecule has 1 N–H and O–H groups in total. The quantitative estimate of drug-likeness (QED) is 0.920. The smallest absolute Gasteiger partial charge is 0.0300 e. The largest absolute Gasteiger partial charge is 0.312 e. The summed E-state index contributed by atoms with van der Waals surface area (Å²) < 4.78 is 1.20. The van der Waals surface area contributed by atoms with E-state index in [-0.39, 0.29) is 0 Å². The Morgan fingerprint density at radius 1 is 1.50 bits per heavy atom. The predicted octanol–water partition coefficient (Wildman–Crippen LogP) is 2.94. The molecule has 2 rings (SSSR count). The van der Waals surface area contributed by atoms with Crippen LogP contribution in [0, 0.1) is 5.92 Å². The van der Waals surface area contributed by atoms with Crippen molar-refractivity contribution in [2.45, 2.75) is 19.4 Å². The highest BCUT2D eigenvalue weighted by molar-refractivity contribution is 9.10. The van der Waals surface area contributed by atoms with E-state index in [2.05, 4.69) is 44.6 Å².